The zero-order valence-electron chi connectivity index (χ0n) is 34.0. The third-order valence-electron chi connectivity index (χ3n) is 9.90. The largest absolute Gasteiger partial charge is 0.388 e. The molecule has 0 bridgehead atoms. The van der Waals surface area contributed by atoms with Crippen LogP contribution in [0.4, 0.5) is 0 Å². The molecule has 0 saturated heterocycles. The average Bonchev–Trinajstić information content (AvgIpc) is 3.12. The first-order valence-corrected chi connectivity index (χ1v) is 22.4. The van der Waals surface area contributed by atoms with Gasteiger partial charge >= 0.3 is 0 Å². The van der Waals surface area contributed by atoms with E-state index in [1.54, 1.807) is 0 Å². The van der Waals surface area contributed by atoms with Crippen LogP contribution in [0.15, 0.2) is 0 Å². The molecule has 0 saturated carbocycles. The van der Waals surface area contributed by atoms with Gasteiger partial charge in [-0.25, -0.2) is 0 Å². The van der Waals surface area contributed by atoms with Gasteiger partial charge in [0, 0.05) is 13.2 Å². The van der Waals surface area contributed by atoms with E-state index in [2.05, 4.69) is 13.8 Å². The summed E-state index contributed by atoms with van der Waals surface area (Å²) >= 11 is 0. The molecule has 0 aliphatic carbocycles. The van der Waals surface area contributed by atoms with E-state index < -0.39 is 12.2 Å². The molecule has 6 nitrogen and oxygen atoms in total. The lowest BCUT2D eigenvalue weighted by atomic mass is 10.0. The first-order chi connectivity index (χ1) is 24.7. The molecular formula is C44H90O6. The van der Waals surface area contributed by atoms with Gasteiger partial charge in [0.15, 0.2) is 0 Å². The van der Waals surface area contributed by atoms with Crippen LogP contribution in [0.2, 0.25) is 0 Å². The standard InChI is InChI=1S/C44H90O6/c1-3-5-7-9-11-13-15-17-19-21-23-25-27-29-31-33-35-47-39-43(45)41-49-37-38-50-42-44(46)40-48-36-34-32-30-28-26-24-22-20-18-16-14-12-10-8-6-4-2/h43-46H,3-42H2,1-2H3. The summed E-state index contributed by atoms with van der Waals surface area (Å²) < 4.78 is 22.2. The van der Waals surface area contributed by atoms with E-state index in [0.29, 0.717) is 39.6 Å². The topological polar surface area (TPSA) is 77.4 Å². The summed E-state index contributed by atoms with van der Waals surface area (Å²) in [5.41, 5.74) is 0. The Labute approximate surface area is 312 Å². The van der Waals surface area contributed by atoms with Crippen LogP contribution in [0.25, 0.3) is 0 Å². The minimum absolute atomic E-state index is 0.243. The molecule has 0 fully saturated rings. The molecule has 50 heavy (non-hydrogen) atoms. The smallest absolute Gasteiger partial charge is 0.101 e. The molecule has 0 amide bonds. The van der Waals surface area contributed by atoms with Crippen molar-refractivity contribution in [3.05, 3.63) is 0 Å². The van der Waals surface area contributed by atoms with Crippen molar-refractivity contribution in [1.29, 1.82) is 0 Å². The molecule has 2 atom stereocenters. The fourth-order valence-electron chi connectivity index (χ4n) is 6.60. The Morgan fingerprint density at radius 1 is 0.260 bits per heavy atom. The van der Waals surface area contributed by atoms with Crippen LogP contribution in [-0.4, -0.2) is 75.3 Å². The van der Waals surface area contributed by atoms with E-state index in [9.17, 15) is 10.2 Å². The minimum atomic E-state index is -0.611. The summed E-state index contributed by atoms with van der Waals surface area (Å²) in [6.45, 7) is 7.88. The highest BCUT2D eigenvalue weighted by molar-refractivity contribution is 4.55. The molecule has 0 radical (unpaired) electrons. The Bertz CT molecular complexity index is 541. The Morgan fingerprint density at radius 2 is 0.440 bits per heavy atom. The molecule has 2 N–H and O–H groups in total. The number of aliphatic hydroxyl groups is 2. The maximum atomic E-state index is 10.1. The lowest BCUT2D eigenvalue weighted by Crippen LogP contribution is -2.25. The van der Waals surface area contributed by atoms with Gasteiger partial charge in [-0.2, -0.15) is 0 Å². The summed E-state index contributed by atoms with van der Waals surface area (Å²) in [6, 6.07) is 0. The molecule has 0 aliphatic rings. The van der Waals surface area contributed by atoms with Crippen molar-refractivity contribution in [2.24, 2.45) is 0 Å². The zero-order valence-corrected chi connectivity index (χ0v) is 34.0. The van der Waals surface area contributed by atoms with Crippen LogP contribution in [0.5, 0.6) is 0 Å². The van der Waals surface area contributed by atoms with Crippen LogP contribution >= 0.6 is 0 Å². The lowest BCUT2D eigenvalue weighted by molar-refractivity contribution is -0.0508. The van der Waals surface area contributed by atoms with Crippen LogP contribution in [-0.2, 0) is 18.9 Å². The first kappa shape index (κ1) is 49.8. The van der Waals surface area contributed by atoms with E-state index in [0.717, 1.165) is 12.8 Å². The van der Waals surface area contributed by atoms with Gasteiger partial charge in [-0.15, -0.1) is 0 Å². The number of aliphatic hydroxyl groups excluding tert-OH is 2. The SMILES string of the molecule is CCCCCCCCCCCCCCCCCCOCC(O)COCCOCC(O)COCCCCCCCCCCCCCCCCCC. The zero-order chi connectivity index (χ0) is 36.3. The predicted octanol–water partition coefficient (Wildman–Crippen LogP) is 12.3. The van der Waals surface area contributed by atoms with Crippen molar-refractivity contribution in [3.63, 3.8) is 0 Å². The van der Waals surface area contributed by atoms with Crippen LogP contribution in [0, 0.1) is 0 Å². The van der Waals surface area contributed by atoms with Gasteiger partial charge in [-0.3, -0.25) is 0 Å². The summed E-state index contributed by atoms with van der Waals surface area (Å²) in [5, 5.41) is 20.1. The Balaban J connectivity index is 3.23. The van der Waals surface area contributed by atoms with Crippen molar-refractivity contribution in [1.82, 2.24) is 0 Å². The Hall–Kier alpha value is -0.240. The van der Waals surface area contributed by atoms with Gasteiger partial charge in [0.1, 0.15) is 12.2 Å². The molecule has 2 unspecified atom stereocenters. The number of hydrogen-bond acceptors (Lipinski definition) is 6. The molecule has 0 aromatic heterocycles. The molecule has 6 heteroatoms. The number of unbranched alkanes of at least 4 members (excludes halogenated alkanes) is 30. The highest BCUT2D eigenvalue weighted by Gasteiger charge is 2.07. The van der Waals surface area contributed by atoms with Crippen molar-refractivity contribution >= 4 is 0 Å². The molecule has 0 rings (SSSR count). The van der Waals surface area contributed by atoms with E-state index in [-0.39, 0.29) is 13.2 Å². The molecule has 302 valence electrons. The van der Waals surface area contributed by atoms with Gasteiger partial charge < -0.3 is 29.2 Å². The second-order valence-electron chi connectivity index (χ2n) is 15.2. The van der Waals surface area contributed by atoms with Crippen LogP contribution in [0.1, 0.15) is 219 Å². The normalized spacial score (nSPS) is 13.0. The monoisotopic (exact) mass is 715 g/mol. The van der Waals surface area contributed by atoms with E-state index in [1.165, 1.54) is 193 Å². The second kappa shape index (κ2) is 44.9. The molecule has 0 spiro atoms. The fraction of sp³-hybridized carbons (Fsp3) is 1.00. The highest BCUT2D eigenvalue weighted by atomic mass is 16.5. The van der Waals surface area contributed by atoms with Gasteiger partial charge in [-0.05, 0) is 12.8 Å². The Kier molecular flexibility index (Phi) is 44.7. The maximum Gasteiger partial charge on any atom is 0.101 e. The number of ether oxygens (including phenoxy) is 4. The fourth-order valence-corrected chi connectivity index (χ4v) is 6.60. The van der Waals surface area contributed by atoms with Gasteiger partial charge in [0.05, 0.1) is 39.6 Å². The third-order valence-corrected chi connectivity index (χ3v) is 9.90. The van der Waals surface area contributed by atoms with Gasteiger partial charge in [0.2, 0.25) is 0 Å². The van der Waals surface area contributed by atoms with Crippen molar-refractivity contribution < 1.29 is 29.2 Å². The molecule has 0 aromatic rings. The molecule has 0 aliphatic heterocycles. The van der Waals surface area contributed by atoms with E-state index >= 15 is 0 Å². The summed E-state index contributed by atoms with van der Waals surface area (Å²) in [4.78, 5) is 0. The second-order valence-corrected chi connectivity index (χ2v) is 15.2. The third kappa shape index (κ3) is 43.9. The summed E-state index contributed by atoms with van der Waals surface area (Å²) in [6.07, 6.45) is 42.4. The van der Waals surface area contributed by atoms with E-state index in [4.69, 9.17) is 18.9 Å². The van der Waals surface area contributed by atoms with E-state index in [1.807, 2.05) is 0 Å². The van der Waals surface area contributed by atoms with Crippen LogP contribution < -0.4 is 0 Å². The molecular weight excluding hydrogens is 624 g/mol. The first-order valence-electron chi connectivity index (χ1n) is 22.4. The van der Waals surface area contributed by atoms with Gasteiger partial charge in [-0.1, -0.05) is 206 Å². The van der Waals surface area contributed by atoms with Gasteiger partial charge in [0.25, 0.3) is 0 Å². The van der Waals surface area contributed by atoms with Crippen molar-refractivity contribution in [3.8, 4) is 0 Å². The Morgan fingerprint density at radius 3 is 0.660 bits per heavy atom. The summed E-state index contributed by atoms with van der Waals surface area (Å²) in [5.74, 6) is 0. The number of hydrogen-bond donors (Lipinski definition) is 2. The average molecular weight is 715 g/mol. The molecule has 0 heterocycles. The van der Waals surface area contributed by atoms with Crippen molar-refractivity contribution in [2.45, 2.75) is 232 Å². The van der Waals surface area contributed by atoms with Crippen LogP contribution in [0.3, 0.4) is 0 Å². The predicted molar refractivity (Wildman–Crippen MR) is 214 cm³/mol. The summed E-state index contributed by atoms with van der Waals surface area (Å²) in [7, 11) is 0. The molecule has 0 aromatic carbocycles. The maximum absolute atomic E-state index is 10.1. The lowest BCUT2D eigenvalue weighted by Gasteiger charge is -2.14. The van der Waals surface area contributed by atoms with Crippen molar-refractivity contribution in [2.75, 3.05) is 52.9 Å². The quantitative estimate of drug-likeness (QED) is 0.0612. The highest BCUT2D eigenvalue weighted by Crippen LogP contribution is 2.15. The minimum Gasteiger partial charge on any atom is -0.388 e. The number of rotatable bonds is 45.